The molecule has 2 N–H and O–H groups in total. The highest BCUT2D eigenvalue weighted by atomic mass is 16.2. The molecule has 1 aliphatic heterocycles. The topological polar surface area (TPSA) is 77.7 Å². The van der Waals surface area contributed by atoms with Gasteiger partial charge in [0.15, 0.2) is 5.82 Å². The van der Waals surface area contributed by atoms with Gasteiger partial charge in [0.05, 0.1) is 11.0 Å². The summed E-state index contributed by atoms with van der Waals surface area (Å²) < 4.78 is 0. The van der Waals surface area contributed by atoms with Gasteiger partial charge in [0.1, 0.15) is 5.69 Å². The molecule has 21 heavy (non-hydrogen) atoms. The maximum Gasteiger partial charge on any atom is 0.253 e. The number of aromatic nitrogens is 4. The van der Waals surface area contributed by atoms with Crippen molar-refractivity contribution in [3.63, 3.8) is 0 Å². The second kappa shape index (κ2) is 4.73. The van der Waals surface area contributed by atoms with Crippen LogP contribution in [0.5, 0.6) is 0 Å². The fourth-order valence-corrected chi connectivity index (χ4v) is 2.76. The molecule has 0 aliphatic carbocycles. The van der Waals surface area contributed by atoms with Crippen LogP contribution in [0.15, 0.2) is 30.5 Å². The van der Waals surface area contributed by atoms with Gasteiger partial charge < -0.3 is 9.88 Å². The van der Waals surface area contributed by atoms with Crippen molar-refractivity contribution in [2.75, 3.05) is 13.1 Å². The molecule has 0 spiro atoms. The Labute approximate surface area is 121 Å². The van der Waals surface area contributed by atoms with Gasteiger partial charge in [0.25, 0.3) is 5.91 Å². The van der Waals surface area contributed by atoms with Crippen molar-refractivity contribution in [2.24, 2.45) is 0 Å². The molecular formula is C15H15N5O. The second-order valence-electron chi connectivity index (χ2n) is 5.29. The number of aromatic amines is 2. The molecule has 1 amide bonds. The lowest BCUT2D eigenvalue weighted by molar-refractivity contribution is 0.0793. The predicted octanol–water partition coefficient (Wildman–Crippen LogP) is 2.19. The minimum Gasteiger partial charge on any atom is -0.339 e. The van der Waals surface area contributed by atoms with Gasteiger partial charge in [-0.05, 0) is 37.1 Å². The van der Waals surface area contributed by atoms with Gasteiger partial charge in [-0.25, -0.2) is 4.98 Å². The van der Waals surface area contributed by atoms with E-state index in [9.17, 15) is 4.79 Å². The van der Waals surface area contributed by atoms with Gasteiger partial charge in [-0.15, -0.1) is 0 Å². The molecule has 106 valence electrons. The van der Waals surface area contributed by atoms with Crippen molar-refractivity contribution >= 4 is 16.9 Å². The molecular weight excluding hydrogens is 266 g/mol. The molecule has 6 nitrogen and oxygen atoms in total. The van der Waals surface area contributed by atoms with Crippen molar-refractivity contribution in [2.45, 2.75) is 12.8 Å². The average molecular weight is 281 g/mol. The highest BCUT2D eigenvalue weighted by Gasteiger charge is 2.20. The highest BCUT2D eigenvalue weighted by Crippen LogP contribution is 2.21. The van der Waals surface area contributed by atoms with Crippen LogP contribution in [0.2, 0.25) is 0 Å². The summed E-state index contributed by atoms with van der Waals surface area (Å²) in [5.74, 6) is 0.834. The van der Waals surface area contributed by atoms with Crippen molar-refractivity contribution in [3.8, 4) is 11.5 Å². The molecule has 1 aromatic carbocycles. The molecule has 1 aliphatic rings. The van der Waals surface area contributed by atoms with Crippen LogP contribution in [0, 0.1) is 0 Å². The zero-order valence-corrected chi connectivity index (χ0v) is 11.5. The molecule has 0 saturated carbocycles. The van der Waals surface area contributed by atoms with Gasteiger partial charge in [0.2, 0.25) is 0 Å². The Hall–Kier alpha value is -2.63. The highest BCUT2D eigenvalue weighted by molar-refractivity contribution is 5.97. The van der Waals surface area contributed by atoms with Crippen LogP contribution in [0.1, 0.15) is 23.2 Å². The summed E-state index contributed by atoms with van der Waals surface area (Å²) in [6.07, 6.45) is 3.88. The zero-order chi connectivity index (χ0) is 14.2. The third kappa shape index (κ3) is 2.08. The molecule has 3 heterocycles. The van der Waals surface area contributed by atoms with E-state index in [1.54, 1.807) is 6.20 Å². The van der Waals surface area contributed by atoms with Gasteiger partial charge >= 0.3 is 0 Å². The summed E-state index contributed by atoms with van der Waals surface area (Å²) in [6.45, 7) is 1.72. The number of nitrogens with one attached hydrogen (secondary N) is 2. The molecule has 4 rings (SSSR count). The molecule has 0 bridgehead atoms. The number of fused-ring (bicyclic) bond motifs is 1. The van der Waals surface area contributed by atoms with Gasteiger partial charge in [-0.1, -0.05) is 0 Å². The van der Waals surface area contributed by atoms with Crippen LogP contribution in [0.4, 0.5) is 0 Å². The van der Waals surface area contributed by atoms with Crippen LogP contribution >= 0.6 is 0 Å². The number of nitrogens with zero attached hydrogens (tertiary/aromatic N) is 3. The zero-order valence-electron chi connectivity index (χ0n) is 11.5. The number of H-pyrrole nitrogens is 2. The Morgan fingerprint density at radius 1 is 1.19 bits per heavy atom. The Morgan fingerprint density at radius 2 is 2.05 bits per heavy atom. The number of hydrogen-bond donors (Lipinski definition) is 2. The number of benzene rings is 1. The van der Waals surface area contributed by atoms with Crippen molar-refractivity contribution in [1.29, 1.82) is 0 Å². The van der Waals surface area contributed by atoms with E-state index in [1.165, 1.54) is 0 Å². The molecule has 0 atom stereocenters. The first-order valence-corrected chi connectivity index (χ1v) is 7.10. The fraction of sp³-hybridized carbons (Fsp3) is 0.267. The Bertz CT molecular complexity index is 784. The maximum absolute atomic E-state index is 12.4. The van der Waals surface area contributed by atoms with E-state index in [0.717, 1.165) is 48.5 Å². The minimum absolute atomic E-state index is 0.104. The van der Waals surface area contributed by atoms with Crippen LogP contribution < -0.4 is 0 Å². The first-order chi connectivity index (χ1) is 10.3. The van der Waals surface area contributed by atoms with Gasteiger partial charge in [-0.2, -0.15) is 5.10 Å². The lowest BCUT2D eigenvalue weighted by atomic mass is 10.2. The molecule has 3 aromatic rings. The average Bonchev–Trinajstić information content (AvgIpc) is 3.24. The van der Waals surface area contributed by atoms with E-state index in [0.29, 0.717) is 5.56 Å². The van der Waals surface area contributed by atoms with Crippen LogP contribution in [0.25, 0.3) is 22.6 Å². The summed E-state index contributed by atoms with van der Waals surface area (Å²) in [6, 6.07) is 7.46. The minimum atomic E-state index is 0.104. The third-order valence-corrected chi connectivity index (χ3v) is 3.88. The number of likely N-dealkylation sites (tertiary alicyclic amines) is 1. The first-order valence-electron chi connectivity index (χ1n) is 7.10. The molecule has 0 unspecified atom stereocenters. The van der Waals surface area contributed by atoms with E-state index in [1.807, 2.05) is 29.2 Å². The molecule has 1 saturated heterocycles. The maximum atomic E-state index is 12.4. The lowest BCUT2D eigenvalue weighted by Gasteiger charge is -2.14. The summed E-state index contributed by atoms with van der Waals surface area (Å²) in [5.41, 5.74) is 3.25. The number of amides is 1. The monoisotopic (exact) mass is 281 g/mol. The number of hydrogen-bond acceptors (Lipinski definition) is 3. The molecule has 1 fully saturated rings. The lowest BCUT2D eigenvalue weighted by Crippen LogP contribution is -2.27. The number of carbonyl (C=O) groups is 1. The molecule has 0 radical (unpaired) electrons. The third-order valence-electron chi connectivity index (χ3n) is 3.88. The fourth-order valence-electron chi connectivity index (χ4n) is 2.76. The standard InChI is InChI=1S/C15H15N5O/c21-15(20-7-1-2-8-20)10-3-4-11-13(9-10)18-14(17-11)12-5-6-16-19-12/h3-6,9H,1-2,7-8H2,(H,16,19)(H,17,18). The van der Waals surface area contributed by atoms with E-state index in [4.69, 9.17) is 0 Å². The Morgan fingerprint density at radius 3 is 2.81 bits per heavy atom. The van der Waals surface area contributed by atoms with Crippen molar-refractivity contribution in [3.05, 3.63) is 36.0 Å². The van der Waals surface area contributed by atoms with Crippen LogP contribution in [-0.4, -0.2) is 44.1 Å². The van der Waals surface area contributed by atoms with Crippen LogP contribution in [0.3, 0.4) is 0 Å². The summed E-state index contributed by atoms with van der Waals surface area (Å²) in [4.78, 5) is 22.0. The summed E-state index contributed by atoms with van der Waals surface area (Å²) in [5, 5.41) is 6.80. The molecule has 2 aromatic heterocycles. The van der Waals surface area contributed by atoms with Gasteiger partial charge in [-0.3, -0.25) is 9.89 Å². The summed E-state index contributed by atoms with van der Waals surface area (Å²) >= 11 is 0. The predicted molar refractivity (Wildman–Crippen MR) is 78.8 cm³/mol. The Kier molecular flexibility index (Phi) is 2.73. The number of imidazole rings is 1. The van der Waals surface area contributed by atoms with E-state index in [-0.39, 0.29) is 5.91 Å². The number of rotatable bonds is 2. The Balaban J connectivity index is 1.71. The van der Waals surface area contributed by atoms with E-state index >= 15 is 0 Å². The van der Waals surface area contributed by atoms with Crippen molar-refractivity contribution in [1.82, 2.24) is 25.1 Å². The normalized spacial score (nSPS) is 15.0. The quantitative estimate of drug-likeness (QED) is 0.755. The van der Waals surface area contributed by atoms with E-state index < -0.39 is 0 Å². The van der Waals surface area contributed by atoms with Crippen LogP contribution in [-0.2, 0) is 0 Å². The first kappa shape index (κ1) is 12.1. The van der Waals surface area contributed by atoms with Crippen molar-refractivity contribution < 1.29 is 4.79 Å². The van der Waals surface area contributed by atoms with E-state index in [2.05, 4.69) is 20.2 Å². The largest absolute Gasteiger partial charge is 0.339 e. The summed E-state index contributed by atoms with van der Waals surface area (Å²) in [7, 11) is 0. The SMILES string of the molecule is O=C(c1ccc2nc(-c3ccn[nH]3)[nH]c2c1)N1CCCC1. The number of carbonyl (C=O) groups excluding carboxylic acids is 1. The van der Waals surface area contributed by atoms with Gasteiger partial charge in [0, 0.05) is 24.8 Å². The molecule has 6 heteroatoms. The second-order valence-corrected chi connectivity index (χ2v) is 5.29. The smallest absolute Gasteiger partial charge is 0.253 e.